The Morgan fingerprint density at radius 1 is 0.857 bits per heavy atom. The van der Waals surface area contributed by atoms with Crippen LogP contribution < -0.4 is 0 Å². The van der Waals surface area contributed by atoms with Gasteiger partial charge in [0.05, 0.1) is 12.7 Å². The minimum absolute atomic E-state index is 0.172. The highest BCUT2D eigenvalue weighted by Gasteiger charge is 2.38. The van der Waals surface area contributed by atoms with Crippen LogP contribution >= 0.6 is 0 Å². The predicted molar refractivity (Wildman–Crippen MR) is 84.0 cm³/mol. The fraction of sp³-hybridized carbons (Fsp3) is 0.368. The van der Waals surface area contributed by atoms with Crippen molar-refractivity contribution in [3.8, 4) is 0 Å². The van der Waals surface area contributed by atoms with E-state index >= 15 is 0 Å². The molecule has 0 radical (unpaired) electrons. The van der Waals surface area contributed by atoms with Crippen LogP contribution in [0.5, 0.6) is 0 Å². The van der Waals surface area contributed by atoms with Crippen molar-refractivity contribution in [2.24, 2.45) is 0 Å². The second kappa shape index (κ2) is 6.42. The van der Waals surface area contributed by atoms with E-state index in [-0.39, 0.29) is 6.10 Å². The van der Waals surface area contributed by atoms with Crippen LogP contribution in [0.15, 0.2) is 60.7 Å². The van der Waals surface area contributed by atoms with E-state index in [4.69, 9.17) is 9.47 Å². The summed E-state index contributed by atoms with van der Waals surface area (Å²) >= 11 is 0. The van der Waals surface area contributed by atoms with Crippen LogP contribution in [-0.4, -0.2) is 12.7 Å². The Morgan fingerprint density at radius 3 is 2.00 bits per heavy atom. The van der Waals surface area contributed by atoms with E-state index in [9.17, 15) is 0 Å². The third-order valence-corrected chi connectivity index (χ3v) is 3.99. The Bertz CT molecular complexity index is 511. The molecule has 110 valence electrons. The molecule has 0 N–H and O–H groups in total. The van der Waals surface area contributed by atoms with Crippen molar-refractivity contribution < 1.29 is 9.47 Å². The average Bonchev–Trinajstić information content (AvgIpc) is 2.53. The summed E-state index contributed by atoms with van der Waals surface area (Å²) in [4.78, 5) is 0. The Labute approximate surface area is 126 Å². The summed E-state index contributed by atoms with van der Waals surface area (Å²) in [5.41, 5.74) is 2.12. The predicted octanol–water partition coefficient (Wildman–Crippen LogP) is 4.49. The number of rotatable bonds is 2. The van der Waals surface area contributed by atoms with Gasteiger partial charge < -0.3 is 9.47 Å². The van der Waals surface area contributed by atoms with Gasteiger partial charge in [0.25, 0.3) is 0 Å². The molecular formula is C19H22O2. The zero-order valence-electron chi connectivity index (χ0n) is 12.5. The topological polar surface area (TPSA) is 18.5 Å². The Kier molecular flexibility index (Phi) is 4.37. The van der Waals surface area contributed by atoms with Gasteiger partial charge in [0.2, 0.25) is 5.79 Å². The maximum Gasteiger partial charge on any atom is 0.222 e. The Balaban J connectivity index is 2.09. The highest BCUT2D eigenvalue weighted by atomic mass is 16.7. The van der Waals surface area contributed by atoms with E-state index in [1.54, 1.807) is 0 Å². The van der Waals surface area contributed by atoms with Gasteiger partial charge in [-0.2, -0.15) is 0 Å². The first-order valence-corrected chi connectivity index (χ1v) is 7.74. The van der Waals surface area contributed by atoms with Crippen molar-refractivity contribution in [2.75, 3.05) is 6.61 Å². The summed E-state index contributed by atoms with van der Waals surface area (Å²) < 4.78 is 12.7. The van der Waals surface area contributed by atoms with Crippen LogP contribution in [0.25, 0.3) is 0 Å². The van der Waals surface area contributed by atoms with Crippen LogP contribution in [0.4, 0.5) is 0 Å². The van der Waals surface area contributed by atoms with Gasteiger partial charge in [-0.1, -0.05) is 60.7 Å². The lowest BCUT2D eigenvalue weighted by Crippen LogP contribution is -2.39. The molecule has 1 fully saturated rings. The van der Waals surface area contributed by atoms with Crippen molar-refractivity contribution in [3.63, 3.8) is 0 Å². The van der Waals surface area contributed by atoms with Crippen molar-refractivity contribution >= 4 is 0 Å². The molecule has 0 aliphatic carbocycles. The fourth-order valence-corrected chi connectivity index (χ4v) is 2.91. The highest BCUT2D eigenvalue weighted by molar-refractivity contribution is 5.34. The lowest BCUT2D eigenvalue weighted by Gasteiger charge is -2.38. The van der Waals surface area contributed by atoms with Gasteiger partial charge in [-0.25, -0.2) is 0 Å². The van der Waals surface area contributed by atoms with Gasteiger partial charge in [-0.3, -0.25) is 0 Å². The molecule has 0 amide bonds. The average molecular weight is 282 g/mol. The lowest BCUT2D eigenvalue weighted by atomic mass is 9.96. The summed E-state index contributed by atoms with van der Waals surface area (Å²) in [5.74, 6) is -0.789. The van der Waals surface area contributed by atoms with Crippen LogP contribution in [0, 0.1) is 0 Å². The van der Waals surface area contributed by atoms with Crippen molar-refractivity contribution in [2.45, 2.75) is 38.1 Å². The quantitative estimate of drug-likeness (QED) is 0.807. The lowest BCUT2D eigenvalue weighted by molar-refractivity contribution is -0.247. The van der Waals surface area contributed by atoms with E-state index in [2.05, 4.69) is 31.2 Å². The fourth-order valence-electron chi connectivity index (χ4n) is 2.91. The first kappa shape index (κ1) is 14.3. The molecule has 2 nitrogen and oxygen atoms in total. The van der Waals surface area contributed by atoms with Crippen molar-refractivity contribution in [1.82, 2.24) is 0 Å². The van der Waals surface area contributed by atoms with Gasteiger partial charge in [0.15, 0.2) is 0 Å². The molecule has 1 aliphatic rings. The monoisotopic (exact) mass is 282 g/mol. The standard InChI is InChI=1S/C19H22O2/c1-16-10-8-9-15-20-19(21-16,17-11-4-2-5-12-17)18-13-6-3-7-14-18/h2-7,11-14,16H,8-10,15H2,1H3. The normalized spacial score (nSPS) is 22.2. The number of hydrogen-bond acceptors (Lipinski definition) is 2. The van der Waals surface area contributed by atoms with Gasteiger partial charge in [0.1, 0.15) is 0 Å². The summed E-state index contributed by atoms with van der Waals surface area (Å²) in [6.45, 7) is 2.85. The molecule has 0 spiro atoms. The van der Waals surface area contributed by atoms with E-state index in [0.717, 1.165) is 37.0 Å². The molecule has 2 aromatic rings. The molecule has 21 heavy (non-hydrogen) atoms. The molecule has 1 heterocycles. The maximum atomic E-state index is 6.43. The SMILES string of the molecule is CC1CCCCOC(c2ccccc2)(c2ccccc2)O1. The summed E-state index contributed by atoms with van der Waals surface area (Å²) in [7, 11) is 0. The first-order valence-electron chi connectivity index (χ1n) is 7.74. The van der Waals surface area contributed by atoms with Crippen LogP contribution in [0.2, 0.25) is 0 Å². The van der Waals surface area contributed by atoms with Gasteiger partial charge in [-0.15, -0.1) is 0 Å². The van der Waals surface area contributed by atoms with E-state index in [0.29, 0.717) is 0 Å². The van der Waals surface area contributed by atoms with Crippen molar-refractivity contribution in [1.29, 1.82) is 0 Å². The number of ether oxygens (including phenoxy) is 2. The van der Waals surface area contributed by atoms with E-state index in [1.807, 2.05) is 36.4 Å². The van der Waals surface area contributed by atoms with Crippen LogP contribution in [-0.2, 0) is 15.3 Å². The molecule has 2 heteroatoms. The zero-order valence-corrected chi connectivity index (χ0v) is 12.5. The largest absolute Gasteiger partial charge is 0.342 e. The van der Waals surface area contributed by atoms with Gasteiger partial charge in [-0.05, 0) is 26.2 Å². The Morgan fingerprint density at radius 2 is 1.43 bits per heavy atom. The smallest absolute Gasteiger partial charge is 0.222 e. The third-order valence-electron chi connectivity index (χ3n) is 3.99. The van der Waals surface area contributed by atoms with E-state index in [1.165, 1.54) is 0 Å². The molecule has 0 saturated carbocycles. The molecule has 1 atom stereocenters. The van der Waals surface area contributed by atoms with Crippen LogP contribution in [0.1, 0.15) is 37.3 Å². The summed E-state index contributed by atoms with van der Waals surface area (Å²) in [6, 6.07) is 20.5. The molecule has 0 bridgehead atoms. The number of benzene rings is 2. The van der Waals surface area contributed by atoms with Crippen LogP contribution in [0.3, 0.4) is 0 Å². The minimum Gasteiger partial charge on any atom is -0.342 e. The molecule has 1 aliphatic heterocycles. The molecule has 1 unspecified atom stereocenters. The minimum atomic E-state index is -0.789. The molecule has 0 aromatic heterocycles. The second-order valence-electron chi connectivity index (χ2n) is 5.62. The van der Waals surface area contributed by atoms with Gasteiger partial charge in [0, 0.05) is 11.1 Å². The zero-order chi connectivity index (χ0) is 14.5. The Hall–Kier alpha value is -1.64. The molecular weight excluding hydrogens is 260 g/mol. The second-order valence-corrected chi connectivity index (χ2v) is 5.62. The van der Waals surface area contributed by atoms with Gasteiger partial charge >= 0.3 is 0 Å². The molecule has 3 rings (SSSR count). The van der Waals surface area contributed by atoms with Crippen molar-refractivity contribution in [3.05, 3.63) is 71.8 Å². The third kappa shape index (κ3) is 3.02. The van der Waals surface area contributed by atoms with E-state index < -0.39 is 5.79 Å². The highest BCUT2D eigenvalue weighted by Crippen LogP contribution is 2.38. The first-order chi connectivity index (χ1) is 10.3. The molecule has 2 aromatic carbocycles. The summed E-state index contributed by atoms with van der Waals surface area (Å²) in [5, 5.41) is 0. The summed E-state index contributed by atoms with van der Waals surface area (Å²) in [6.07, 6.45) is 3.48. The maximum absolute atomic E-state index is 6.43. The number of hydrogen-bond donors (Lipinski definition) is 0. The molecule has 1 saturated heterocycles.